The second kappa shape index (κ2) is 3.91. The van der Waals surface area contributed by atoms with Gasteiger partial charge in [-0.2, -0.15) is 0 Å². The summed E-state index contributed by atoms with van der Waals surface area (Å²) in [6.45, 7) is 1.07. The number of fused-ring (bicyclic) bond motifs is 1. The van der Waals surface area contributed by atoms with Gasteiger partial charge in [0.15, 0.2) is 0 Å². The van der Waals surface area contributed by atoms with Crippen LogP contribution < -0.4 is 0 Å². The zero-order valence-electron chi connectivity index (χ0n) is 9.60. The summed E-state index contributed by atoms with van der Waals surface area (Å²) in [5, 5.41) is 9.95. The highest BCUT2D eigenvalue weighted by Gasteiger charge is 2.18. The summed E-state index contributed by atoms with van der Waals surface area (Å²) in [7, 11) is 0. The van der Waals surface area contributed by atoms with Crippen molar-refractivity contribution in [1.82, 2.24) is 4.57 Å². The number of hydrogen-bond acceptors (Lipinski definition) is 1. The first-order valence-electron chi connectivity index (χ1n) is 6.06. The molecule has 0 unspecified atom stereocenters. The number of carbonyl (C=O) groups is 1. The van der Waals surface area contributed by atoms with Crippen LogP contribution in [0, 0.1) is 5.92 Å². The van der Waals surface area contributed by atoms with E-state index in [2.05, 4.69) is 10.8 Å². The molecule has 17 heavy (non-hydrogen) atoms. The van der Waals surface area contributed by atoms with Crippen molar-refractivity contribution in [2.75, 3.05) is 0 Å². The van der Waals surface area contributed by atoms with E-state index < -0.39 is 5.97 Å². The molecule has 0 atom stereocenters. The van der Waals surface area contributed by atoms with Crippen LogP contribution in [0.2, 0.25) is 0 Å². The SMILES string of the molecule is O=C(O)c1ccc2c(ccn2CC2CCC2)c1. The smallest absolute Gasteiger partial charge is 0.335 e. The highest BCUT2D eigenvalue weighted by atomic mass is 16.4. The number of nitrogens with zero attached hydrogens (tertiary/aromatic N) is 1. The first kappa shape index (κ1) is 10.4. The molecule has 0 saturated heterocycles. The summed E-state index contributed by atoms with van der Waals surface area (Å²) in [4.78, 5) is 10.9. The van der Waals surface area contributed by atoms with Crippen molar-refractivity contribution >= 4 is 16.9 Å². The molecule has 1 aliphatic rings. The Labute approximate surface area is 99.7 Å². The zero-order valence-corrected chi connectivity index (χ0v) is 9.60. The lowest BCUT2D eigenvalue weighted by Gasteiger charge is -2.26. The molecule has 1 aromatic carbocycles. The molecule has 1 saturated carbocycles. The van der Waals surface area contributed by atoms with Crippen LogP contribution in [-0.4, -0.2) is 15.6 Å². The summed E-state index contributed by atoms with van der Waals surface area (Å²) in [6, 6.07) is 7.34. The van der Waals surface area contributed by atoms with Crippen LogP contribution in [0.25, 0.3) is 10.9 Å². The molecule has 0 amide bonds. The average molecular weight is 229 g/mol. The third kappa shape index (κ3) is 1.82. The Kier molecular flexibility index (Phi) is 2.39. The number of carboxylic acids is 1. The molecule has 1 N–H and O–H groups in total. The van der Waals surface area contributed by atoms with E-state index in [1.165, 1.54) is 19.3 Å². The predicted octanol–water partition coefficient (Wildman–Crippen LogP) is 3.14. The first-order valence-corrected chi connectivity index (χ1v) is 6.06. The van der Waals surface area contributed by atoms with Gasteiger partial charge in [-0.1, -0.05) is 6.42 Å². The first-order chi connectivity index (χ1) is 8.24. The van der Waals surface area contributed by atoms with Gasteiger partial charge in [-0.3, -0.25) is 0 Å². The Bertz CT molecular complexity index is 567. The maximum Gasteiger partial charge on any atom is 0.335 e. The van der Waals surface area contributed by atoms with Gasteiger partial charge < -0.3 is 9.67 Å². The topological polar surface area (TPSA) is 42.2 Å². The summed E-state index contributed by atoms with van der Waals surface area (Å²) >= 11 is 0. The molecule has 0 spiro atoms. The van der Waals surface area contributed by atoms with Gasteiger partial charge in [0, 0.05) is 23.6 Å². The lowest BCUT2D eigenvalue weighted by atomic mass is 9.85. The molecule has 1 fully saturated rings. The van der Waals surface area contributed by atoms with E-state index in [1.54, 1.807) is 12.1 Å². The molecule has 0 aliphatic heterocycles. The Hall–Kier alpha value is -1.77. The fourth-order valence-electron chi connectivity index (χ4n) is 2.45. The number of hydrogen-bond donors (Lipinski definition) is 1. The standard InChI is InChI=1S/C14H15NO2/c16-14(17)12-4-5-13-11(8-12)6-7-15(13)9-10-2-1-3-10/h4-8,10H,1-3,9H2,(H,16,17). The molecule has 0 radical (unpaired) electrons. The maximum atomic E-state index is 10.9. The fraction of sp³-hybridized carbons (Fsp3) is 0.357. The van der Waals surface area contributed by atoms with Crippen molar-refractivity contribution in [3.63, 3.8) is 0 Å². The number of carboxylic acid groups (broad SMARTS) is 1. The second-order valence-electron chi connectivity index (χ2n) is 4.84. The van der Waals surface area contributed by atoms with Crippen LogP contribution in [0.3, 0.4) is 0 Å². The van der Waals surface area contributed by atoms with E-state index in [-0.39, 0.29) is 0 Å². The van der Waals surface area contributed by atoms with Crippen LogP contribution in [-0.2, 0) is 6.54 Å². The molecule has 3 rings (SSSR count). The van der Waals surface area contributed by atoms with Gasteiger partial charge in [-0.15, -0.1) is 0 Å². The summed E-state index contributed by atoms with van der Waals surface area (Å²) in [6.07, 6.45) is 6.07. The van der Waals surface area contributed by atoms with Crippen LogP contribution in [0.5, 0.6) is 0 Å². The molecular formula is C14H15NO2. The molecule has 1 heterocycles. The summed E-state index contributed by atoms with van der Waals surface area (Å²) in [5.41, 5.74) is 1.50. The monoisotopic (exact) mass is 229 g/mol. The lowest BCUT2D eigenvalue weighted by Crippen LogP contribution is -2.17. The molecule has 1 aliphatic carbocycles. The third-order valence-electron chi connectivity index (χ3n) is 3.70. The van der Waals surface area contributed by atoms with Crippen molar-refractivity contribution < 1.29 is 9.90 Å². The van der Waals surface area contributed by atoms with Gasteiger partial charge in [0.05, 0.1) is 5.56 Å². The molecule has 0 bridgehead atoms. The largest absolute Gasteiger partial charge is 0.478 e. The van der Waals surface area contributed by atoms with Gasteiger partial charge in [0.25, 0.3) is 0 Å². The normalized spacial score (nSPS) is 16.0. The molecule has 1 aromatic heterocycles. The summed E-state index contributed by atoms with van der Waals surface area (Å²) < 4.78 is 2.24. The van der Waals surface area contributed by atoms with E-state index >= 15 is 0 Å². The van der Waals surface area contributed by atoms with E-state index in [1.807, 2.05) is 12.1 Å². The van der Waals surface area contributed by atoms with E-state index in [9.17, 15) is 4.79 Å². The van der Waals surface area contributed by atoms with Crippen molar-refractivity contribution in [2.24, 2.45) is 5.92 Å². The molecule has 88 valence electrons. The highest BCUT2D eigenvalue weighted by Crippen LogP contribution is 2.29. The van der Waals surface area contributed by atoms with E-state index in [4.69, 9.17) is 5.11 Å². The zero-order chi connectivity index (χ0) is 11.8. The van der Waals surface area contributed by atoms with Crippen LogP contribution in [0.1, 0.15) is 29.6 Å². The van der Waals surface area contributed by atoms with Gasteiger partial charge in [0.2, 0.25) is 0 Å². The van der Waals surface area contributed by atoms with Crippen molar-refractivity contribution in [2.45, 2.75) is 25.8 Å². The summed E-state index contributed by atoms with van der Waals surface area (Å²) in [5.74, 6) is -0.0524. The molecule has 3 nitrogen and oxygen atoms in total. The highest BCUT2D eigenvalue weighted by molar-refractivity contribution is 5.93. The second-order valence-corrected chi connectivity index (χ2v) is 4.84. The van der Waals surface area contributed by atoms with Crippen molar-refractivity contribution in [1.29, 1.82) is 0 Å². The number of rotatable bonds is 3. The van der Waals surface area contributed by atoms with Crippen molar-refractivity contribution in [3.8, 4) is 0 Å². The number of aromatic nitrogens is 1. The Balaban J connectivity index is 1.95. The Morgan fingerprint density at radius 3 is 2.82 bits per heavy atom. The maximum absolute atomic E-state index is 10.9. The molecule has 2 aromatic rings. The average Bonchev–Trinajstić information content (AvgIpc) is 2.65. The van der Waals surface area contributed by atoms with Gasteiger partial charge in [-0.25, -0.2) is 4.79 Å². The van der Waals surface area contributed by atoms with Crippen molar-refractivity contribution in [3.05, 3.63) is 36.0 Å². The minimum atomic E-state index is -0.862. The quantitative estimate of drug-likeness (QED) is 0.878. The molecular weight excluding hydrogens is 214 g/mol. The fourth-order valence-corrected chi connectivity index (χ4v) is 2.45. The van der Waals surface area contributed by atoms with E-state index in [0.717, 1.165) is 23.4 Å². The Morgan fingerprint density at radius 1 is 1.35 bits per heavy atom. The third-order valence-corrected chi connectivity index (χ3v) is 3.70. The minimum absolute atomic E-state index is 0.360. The van der Waals surface area contributed by atoms with Crippen LogP contribution in [0.15, 0.2) is 30.5 Å². The van der Waals surface area contributed by atoms with Gasteiger partial charge in [0.1, 0.15) is 0 Å². The van der Waals surface area contributed by atoms with Gasteiger partial charge >= 0.3 is 5.97 Å². The number of benzene rings is 1. The molecule has 3 heteroatoms. The van der Waals surface area contributed by atoms with E-state index in [0.29, 0.717) is 5.56 Å². The van der Waals surface area contributed by atoms with Crippen LogP contribution in [0.4, 0.5) is 0 Å². The Morgan fingerprint density at radius 2 is 2.18 bits per heavy atom. The lowest BCUT2D eigenvalue weighted by molar-refractivity contribution is 0.0697. The minimum Gasteiger partial charge on any atom is -0.478 e. The predicted molar refractivity (Wildman–Crippen MR) is 66.2 cm³/mol. The van der Waals surface area contributed by atoms with Crippen LogP contribution >= 0.6 is 0 Å². The van der Waals surface area contributed by atoms with Gasteiger partial charge in [-0.05, 0) is 43.0 Å². The number of aromatic carboxylic acids is 1.